The molecule has 1 fully saturated rings. The molecule has 0 spiro atoms. The summed E-state index contributed by atoms with van der Waals surface area (Å²) in [4.78, 5) is 39.5. The summed E-state index contributed by atoms with van der Waals surface area (Å²) in [7, 11) is 0. The minimum Gasteiger partial charge on any atom is -0.490 e. The van der Waals surface area contributed by atoms with E-state index in [2.05, 4.69) is 34.2 Å². The molecule has 3 aromatic carbocycles. The lowest BCUT2D eigenvalue weighted by Crippen LogP contribution is -2.54. The third-order valence-electron chi connectivity index (χ3n) is 6.18. The number of ether oxygens (including phenoxy) is 2. The standard InChI is InChI=1S/C29H26BrClN2O5/c1-5-37-25-14-20(13-22(30)26(25)38-15-19-10-9-16(2)17(3)11-19)12-21-27(34)32-29(36)33(28(21)35)24-8-6-7-23(31)18(24)4/h6-14H,5,15H2,1-4H3,(H,32,34,36)/b21-12+. The number of amides is 4. The molecule has 1 heterocycles. The molecule has 0 atom stereocenters. The summed E-state index contributed by atoms with van der Waals surface area (Å²) in [5.74, 6) is -0.605. The Morgan fingerprint density at radius 3 is 2.47 bits per heavy atom. The summed E-state index contributed by atoms with van der Waals surface area (Å²) >= 11 is 9.74. The fourth-order valence-electron chi connectivity index (χ4n) is 4.00. The maximum absolute atomic E-state index is 13.4. The molecule has 196 valence electrons. The average molecular weight is 598 g/mol. The van der Waals surface area contributed by atoms with E-state index in [1.165, 1.54) is 17.2 Å². The van der Waals surface area contributed by atoms with E-state index < -0.39 is 17.8 Å². The van der Waals surface area contributed by atoms with Gasteiger partial charge >= 0.3 is 6.03 Å². The molecule has 3 aromatic rings. The quantitative estimate of drug-likeness (QED) is 0.243. The van der Waals surface area contributed by atoms with E-state index in [1.807, 2.05) is 26.0 Å². The number of hydrogen-bond acceptors (Lipinski definition) is 5. The van der Waals surface area contributed by atoms with Crippen LogP contribution in [0.3, 0.4) is 0 Å². The molecule has 1 N–H and O–H groups in total. The number of benzene rings is 3. The van der Waals surface area contributed by atoms with Gasteiger partial charge in [-0.1, -0.05) is 35.9 Å². The lowest BCUT2D eigenvalue weighted by Gasteiger charge is -2.27. The zero-order valence-corrected chi connectivity index (χ0v) is 23.7. The van der Waals surface area contributed by atoms with E-state index in [0.29, 0.717) is 51.0 Å². The first-order chi connectivity index (χ1) is 18.1. The van der Waals surface area contributed by atoms with Crippen molar-refractivity contribution in [3.63, 3.8) is 0 Å². The zero-order chi connectivity index (χ0) is 27.6. The molecule has 9 heteroatoms. The van der Waals surface area contributed by atoms with Gasteiger partial charge in [0.15, 0.2) is 11.5 Å². The van der Waals surface area contributed by atoms with Gasteiger partial charge in [-0.15, -0.1) is 0 Å². The number of hydrogen-bond donors (Lipinski definition) is 1. The minimum atomic E-state index is -0.839. The van der Waals surface area contributed by atoms with Crippen LogP contribution in [0, 0.1) is 20.8 Å². The van der Waals surface area contributed by atoms with E-state index >= 15 is 0 Å². The number of aryl methyl sites for hydroxylation is 2. The van der Waals surface area contributed by atoms with Crippen LogP contribution in [0.5, 0.6) is 11.5 Å². The second-order valence-electron chi connectivity index (χ2n) is 8.81. The van der Waals surface area contributed by atoms with Crippen LogP contribution in [0.2, 0.25) is 5.02 Å². The van der Waals surface area contributed by atoms with Gasteiger partial charge in [-0.2, -0.15) is 0 Å². The molecule has 1 aliphatic rings. The molecule has 0 unspecified atom stereocenters. The first-order valence-electron chi connectivity index (χ1n) is 11.9. The van der Waals surface area contributed by atoms with Crippen molar-refractivity contribution in [1.82, 2.24) is 5.32 Å². The topological polar surface area (TPSA) is 84.9 Å². The number of nitrogens with one attached hydrogen (secondary N) is 1. The zero-order valence-electron chi connectivity index (χ0n) is 21.4. The Hall–Kier alpha value is -3.62. The fraction of sp³-hybridized carbons (Fsp3) is 0.207. The highest BCUT2D eigenvalue weighted by molar-refractivity contribution is 9.10. The van der Waals surface area contributed by atoms with E-state index in [4.69, 9.17) is 21.1 Å². The second-order valence-corrected chi connectivity index (χ2v) is 10.1. The maximum Gasteiger partial charge on any atom is 0.335 e. The molecule has 0 aliphatic carbocycles. The molecule has 7 nitrogen and oxygen atoms in total. The van der Waals surface area contributed by atoms with Crippen molar-refractivity contribution in [2.45, 2.75) is 34.3 Å². The Morgan fingerprint density at radius 2 is 1.76 bits per heavy atom. The Labute approximate surface area is 234 Å². The van der Waals surface area contributed by atoms with E-state index in [9.17, 15) is 14.4 Å². The highest BCUT2D eigenvalue weighted by Crippen LogP contribution is 2.38. The Morgan fingerprint density at radius 1 is 1.00 bits per heavy atom. The summed E-state index contributed by atoms with van der Waals surface area (Å²) in [6.07, 6.45) is 1.41. The molecular weight excluding hydrogens is 572 g/mol. The van der Waals surface area contributed by atoms with E-state index in [-0.39, 0.29) is 5.57 Å². The number of carbonyl (C=O) groups excluding carboxylic acids is 3. The van der Waals surface area contributed by atoms with Gasteiger partial charge < -0.3 is 9.47 Å². The lowest BCUT2D eigenvalue weighted by molar-refractivity contribution is -0.122. The Bertz CT molecular complexity index is 1480. The van der Waals surface area contributed by atoms with E-state index in [0.717, 1.165) is 10.5 Å². The SMILES string of the molecule is CCOc1cc(/C=C2\C(=O)NC(=O)N(c3cccc(Cl)c3C)C2=O)cc(Br)c1OCc1ccc(C)c(C)c1. The summed E-state index contributed by atoms with van der Waals surface area (Å²) in [6, 6.07) is 13.6. The molecule has 4 rings (SSSR count). The van der Waals surface area contributed by atoms with Gasteiger partial charge in [0.05, 0.1) is 16.8 Å². The summed E-state index contributed by atoms with van der Waals surface area (Å²) < 4.78 is 12.5. The second kappa shape index (κ2) is 11.4. The third-order valence-corrected chi connectivity index (χ3v) is 7.18. The van der Waals surface area contributed by atoms with Gasteiger partial charge in [-0.3, -0.25) is 14.9 Å². The summed E-state index contributed by atoms with van der Waals surface area (Å²) in [5.41, 5.74) is 4.53. The van der Waals surface area contributed by atoms with Crippen molar-refractivity contribution < 1.29 is 23.9 Å². The first kappa shape index (κ1) is 27.4. The Kier molecular flexibility index (Phi) is 8.23. The van der Waals surface area contributed by atoms with Crippen LogP contribution in [0.15, 0.2) is 58.6 Å². The van der Waals surface area contributed by atoms with Crippen molar-refractivity contribution in [2.24, 2.45) is 0 Å². The molecule has 1 aliphatic heterocycles. The number of halogens is 2. The molecule has 38 heavy (non-hydrogen) atoms. The largest absolute Gasteiger partial charge is 0.490 e. The fourth-order valence-corrected chi connectivity index (χ4v) is 4.75. The number of barbiturate groups is 1. The molecule has 1 saturated heterocycles. The van der Waals surface area contributed by atoms with Crippen LogP contribution in [-0.4, -0.2) is 24.5 Å². The monoisotopic (exact) mass is 596 g/mol. The van der Waals surface area contributed by atoms with Gasteiger partial charge in [0.2, 0.25) is 0 Å². The van der Waals surface area contributed by atoms with Crippen LogP contribution in [0.1, 0.15) is 34.7 Å². The predicted molar refractivity (Wildman–Crippen MR) is 151 cm³/mol. The molecule has 4 amide bonds. The average Bonchev–Trinajstić information content (AvgIpc) is 2.86. The number of nitrogens with zero attached hydrogens (tertiary/aromatic N) is 1. The normalized spacial score (nSPS) is 14.6. The van der Waals surface area contributed by atoms with Crippen molar-refractivity contribution in [2.75, 3.05) is 11.5 Å². The van der Waals surface area contributed by atoms with Crippen molar-refractivity contribution in [3.05, 3.63) is 91.4 Å². The van der Waals surface area contributed by atoms with Crippen molar-refractivity contribution in [1.29, 1.82) is 0 Å². The maximum atomic E-state index is 13.4. The highest BCUT2D eigenvalue weighted by atomic mass is 79.9. The summed E-state index contributed by atoms with van der Waals surface area (Å²) in [5, 5.41) is 2.63. The first-order valence-corrected chi connectivity index (χ1v) is 13.1. The molecule has 0 bridgehead atoms. The van der Waals surface area contributed by atoms with Crippen LogP contribution in [0.4, 0.5) is 10.5 Å². The van der Waals surface area contributed by atoms with Crippen LogP contribution >= 0.6 is 27.5 Å². The third kappa shape index (κ3) is 5.61. The Balaban J connectivity index is 1.67. The van der Waals surface area contributed by atoms with Gasteiger partial charge in [0.25, 0.3) is 11.8 Å². The molecule has 0 aromatic heterocycles. The van der Waals surface area contributed by atoms with Crippen LogP contribution < -0.4 is 19.7 Å². The van der Waals surface area contributed by atoms with Gasteiger partial charge in [0.1, 0.15) is 12.2 Å². The minimum absolute atomic E-state index is 0.206. The van der Waals surface area contributed by atoms with Gasteiger partial charge in [0, 0.05) is 5.02 Å². The molecule has 0 saturated carbocycles. The number of imide groups is 2. The lowest BCUT2D eigenvalue weighted by atomic mass is 10.1. The van der Waals surface area contributed by atoms with Crippen molar-refractivity contribution in [3.8, 4) is 11.5 Å². The van der Waals surface area contributed by atoms with Gasteiger partial charge in [-0.05, 0) is 102 Å². The van der Waals surface area contributed by atoms with Gasteiger partial charge in [-0.25, -0.2) is 9.69 Å². The highest BCUT2D eigenvalue weighted by Gasteiger charge is 2.37. The number of rotatable bonds is 7. The summed E-state index contributed by atoms with van der Waals surface area (Å²) in [6.45, 7) is 8.36. The predicted octanol–water partition coefficient (Wildman–Crippen LogP) is 6.67. The molecule has 0 radical (unpaired) electrons. The number of anilines is 1. The smallest absolute Gasteiger partial charge is 0.335 e. The number of carbonyl (C=O) groups is 3. The van der Waals surface area contributed by atoms with Crippen LogP contribution in [0.25, 0.3) is 6.08 Å². The number of urea groups is 1. The van der Waals surface area contributed by atoms with Crippen molar-refractivity contribution >= 4 is 57.1 Å². The van der Waals surface area contributed by atoms with Crippen LogP contribution in [-0.2, 0) is 16.2 Å². The molecular formula is C29H26BrClN2O5. The van der Waals surface area contributed by atoms with E-state index in [1.54, 1.807) is 37.3 Å².